The van der Waals surface area contributed by atoms with Gasteiger partial charge < -0.3 is 4.57 Å². The van der Waals surface area contributed by atoms with E-state index in [9.17, 15) is 0 Å². The minimum Gasteiger partial charge on any atom is -0.309 e. The monoisotopic (exact) mass is 762 g/mol. The van der Waals surface area contributed by atoms with Crippen LogP contribution < -0.4 is 0 Å². The molecule has 0 aliphatic rings. The Kier molecular flexibility index (Phi) is 7.24. The van der Waals surface area contributed by atoms with E-state index in [1.807, 2.05) is 59.1 Å². The van der Waals surface area contributed by atoms with Crippen LogP contribution in [0.25, 0.3) is 113 Å². The summed E-state index contributed by atoms with van der Waals surface area (Å²) in [6, 6.07) is 64.9. The Morgan fingerprint density at radius 3 is 1.63 bits per heavy atom. The molecule has 4 aromatic heterocycles. The quantitative estimate of drug-likeness (QED) is 0.175. The van der Waals surface area contributed by atoms with Crippen LogP contribution in [0.4, 0.5) is 0 Å². The molecule has 0 saturated carbocycles. The Morgan fingerprint density at radius 2 is 0.877 bits per heavy atom. The molecule has 6 heteroatoms. The number of rotatable bonds is 5. The van der Waals surface area contributed by atoms with Crippen molar-refractivity contribution in [2.75, 3.05) is 0 Å². The first-order chi connectivity index (χ1) is 28.2. The fourth-order valence-electron chi connectivity index (χ4n) is 8.35. The Labute approximate surface area is 335 Å². The second-order valence-corrected chi connectivity index (χ2v) is 16.5. The summed E-state index contributed by atoms with van der Waals surface area (Å²) < 4.78 is 7.60. The zero-order chi connectivity index (χ0) is 37.5. The first-order valence-corrected chi connectivity index (χ1v) is 20.6. The molecule has 0 aliphatic heterocycles. The third kappa shape index (κ3) is 5.22. The van der Waals surface area contributed by atoms with Crippen LogP contribution in [0.3, 0.4) is 0 Å². The fourth-order valence-corrected chi connectivity index (χ4v) is 10.7. The molecule has 12 aromatic rings. The van der Waals surface area contributed by atoms with Gasteiger partial charge in [0, 0.05) is 73.5 Å². The highest BCUT2D eigenvalue weighted by Crippen LogP contribution is 2.45. The number of hydrogen-bond acceptors (Lipinski definition) is 5. The van der Waals surface area contributed by atoms with Crippen LogP contribution in [0.15, 0.2) is 182 Å². The largest absolute Gasteiger partial charge is 0.309 e. The fraction of sp³-hybridized carbons (Fsp3) is 0. The van der Waals surface area contributed by atoms with Gasteiger partial charge in [-0.15, -0.1) is 22.7 Å². The van der Waals surface area contributed by atoms with Crippen LogP contribution in [-0.4, -0.2) is 19.5 Å². The van der Waals surface area contributed by atoms with Crippen molar-refractivity contribution in [1.29, 1.82) is 0 Å². The summed E-state index contributed by atoms with van der Waals surface area (Å²) >= 11 is 3.74. The summed E-state index contributed by atoms with van der Waals surface area (Å²) in [5.74, 6) is 1.95. The Hall–Kier alpha value is -6.99. The highest BCUT2D eigenvalue weighted by Gasteiger charge is 2.20. The average Bonchev–Trinajstić information content (AvgIpc) is 3.95. The molecule has 0 fully saturated rings. The summed E-state index contributed by atoms with van der Waals surface area (Å²) in [5, 5.41) is 7.59. The van der Waals surface area contributed by atoms with Crippen molar-refractivity contribution in [2.24, 2.45) is 0 Å². The van der Waals surface area contributed by atoms with E-state index in [4.69, 9.17) is 15.0 Å². The molecule has 12 rings (SSSR count). The minimum atomic E-state index is 0.647. The van der Waals surface area contributed by atoms with E-state index in [1.54, 1.807) is 0 Å². The van der Waals surface area contributed by atoms with Crippen LogP contribution in [-0.2, 0) is 0 Å². The predicted octanol–water partition coefficient (Wildman–Crippen LogP) is 14.4. The first-order valence-electron chi connectivity index (χ1n) is 19.0. The molecular weight excluding hydrogens is 733 g/mol. The number of benzene rings is 8. The molecular formula is C51H30N4S2. The van der Waals surface area contributed by atoms with Gasteiger partial charge in [-0.1, -0.05) is 121 Å². The van der Waals surface area contributed by atoms with Crippen molar-refractivity contribution in [3.8, 4) is 51.0 Å². The molecule has 0 saturated heterocycles. The lowest BCUT2D eigenvalue weighted by atomic mass is 10.0. The topological polar surface area (TPSA) is 43.6 Å². The van der Waals surface area contributed by atoms with Gasteiger partial charge in [0.25, 0.3) is 0 Å². The van der Waals surface area contributed by atoms with E-state index in [0.29, 0.717) is 17.5 Å². The number of hydrogen-bond donors (Lipinski definition) is 0. The van der Waals surface area contributed by atoms with Crippen LogP contribution >= 0.6 is 22.7 Å². The van der Waals surface area contributed by atoms with Gasteiger partial charge in [0.05, 0.1) is 11.0 Å². The summed E-state index contributed by atoms with van der Waals surface area (Å²) in [5.41, 5.74) is 8.77. The molecule has 8 aromatic carbocycles. The van der Waals surface area contributed by atoms with Gasteiger partial charge in [0.1, 0.15) is 0 Å². The van der Waals surface area contributed by atoms with E-state index in [0.717, 1.165) is 27.9 Å². The maximum absolute atomic E-state index is 5.09. The van der Waals surface area contributed by atoms with Crippen LogP contribution in [0, 0.1) is 0 Å². The Balaban J connectivity index is 1.08. The maximum Gasteiger partial charge on any atom is 0.164 e. The molecule has 0 unspecified atom stereocenters. The lowest BCUT2D eigenvalue weighted by Crippen LogP contribution is -2.00. The molecule has 266 valence electrons. The molecule has 4 heterocycles. The highest BCUT2D eigenvalue weighted by molar-refractivity contribution is 7.27. The second kappa shape index (κ2) is 12.8. The Morgan fingerprint density at radius 1 is 0.333 bits per heavy atom. The van der Waals surface area contributed by atoms with Gasteiger partial charge in [0.2, 0.25) is 0 Å². The predicted molar refractivity (Wildman–Crippen MR) is 242 cm³/mol. The lowest BCUT2D eigenvalue weighted by molar-refractivity contribution is 1.07. The molecule has 0 bridgehead atoms. The summed E-state index contributed by atoms with van der Waals surface area (Å²) in [4.78, 5) is 15.1. The van der Waals surface area contributed by atoms with Crippen LogP contribution in [0.1, 0.15) is 0 Å². The first kappa shape index (κ1) is 32.3. The van der Waals surface area contributed by atoms with E-state index < -0.39 is 0 Å². The molecule has 4 nitrogen and oxygen atoms in total. The van der Waals surface area contributed by atoms with Gasteiger partial charge in [0.15, 0.2) is 17.5 Å². The van der Waals surface area contributed by atoms with Crippen molar-refractivity contribution in [2.45, 2.75) is 0 Å². The van der Waals surface area contributed by atoms with Crippen molar-refractivity contribution < 1.29 is 0 Å². The van der Waals surface area contributed by atoms with Crippen LogP contribution in [0.5, 0.6) is 0 Å². The Bertz CT molecular complexity index is 3450. The maximum atomic E-state index is 5.09. The van der Waals surface area contributed by atoms with Gasteiger partial charge in [-0.05, 0) is 71.8 Å². The van der Waals surface area contributed by atoms with Gasteiger partial charge in [-0.3, -0.25) is 0 Å². The van der Waals surface area contributed by atoms with Crippen molar-refractivity contribution in [3.63, 3.8) is 0 Å². The summed E-state index contributed by atoms with van der Waals surface area (Å²) in [6.45, 7) is 0. The number of aromatic nitrogens is 4. The third-order valence-corrected chi connectivity index (χ3v) is 13.4. The van der Waals surface area contributed by atoms with E-state index in [1.165, 1.54) is 67.8 Å². The minimum absolute atomic E-state index is 0.647. The average molecular weight is 763 g/mol. The van der Waals surface area contributed by atoms with Crippen molar-refractivity contribution >= 4 is 84.8 Å². The molecule has 0 N–H and O–H groups in total. The molecule has 57 heavy (non-hydrogen) atoms. The smallest absolute Gasteiger partial charge is 0.164 e. The molecule has 0 radical (unpaired) electrons. The highest BCUT2D eigenvalue weighted by atomic mass is 32.1. The number of thiophene rings is 2. The normalized spacial score (nSPS) is 11.9. The number of nitrogens with zero attached hydrogens (tertiary/aromatic N) is 4. The molecule has 0 atom stereocenters. The van der Waals surface area contributed by atoms with Crippen molar-refractivity contribution in [3.05, 3.63) is 182 Å². The number of para-hydroxylation sites is 1. The third-order valence-electron chi connectivity index (χ3n) is 11.0. The lowest BCUT2D eigenvalue weighted by Gasteiger charge is -2.09. The zero-order valence-electron chi connectivity index (χ0n) is 30.4. The number of fused-ring (bicyclic) bond motifs is 10. The van der Waals surface area contributed by atoms with E-state index >= 15 is 0 Å². The summed E-state index contributed by atoms with van der Waals surface area (Å²) in [7, 11) is 0. The SMILES string of the molecule is c1ccc(-c2nc(-c3ccccc3)nc(-c3ccc4c(c3)c3c5sc6cc(-c7ccc8sc9ccccc9c8c7)ccc6c5ccc3n4-c3ccccc3)n2)cc1. The van der Waals surface area contributed by atoms with Gasteiger partial charge in [-0.2, -0.15) is 0 Å². The van der Waals surface area contributed by atoms with E-state index in [2.05, 4.69) is 150 Å². The van der Waals surface area contributed by atoms with Gasteiger partial charge in [-0.25, -0.2) is 15.0 Å². The zero-order valence-corrected chi connectivity index (χ0v) is 32.1. The molecule has 0 amide bonds. The summed E-state index contributed by atoms with van der Waals surface area (Å²) in [6.07, 6.45) is 0. The van der Waals surface area contributed by atoms with E-state index in [-0.39, 0.29) is 0 Å². The molecule has 0 spiro atoms. The second-order valence-electron chi connectivity index (χ2n) is 14.4. The van der Waals surface area contributed by atoms with Crippen molar-refractivity contribution in [1.82, 2.24) is 19.5 Å². The molecule has 0 aliphatic carbocycles. The van der Waals surface area contributed by atoms with Gasteiger partial charge >= 0.3 is 0 Å². The standard InChI is InChI=1S/C51H30N4S2/c1-4-12-31(13-5-1)49-52-50(32-14-6-2-7-15-32)54-51(53-49)35-21-25-42-41(29-35)47-43(55(42)36-16-8-3-9-17-36)26-24-39-38-23-20-34(30-46(38)57-48(39)47)33-22-27-45-40(28-33)37-18-10-11-19-44(37)56-45/h1-30H. The van der Waals surface area contributed by atoms with Crippen LogP contribution in [0.2, 0.25) is 0 Å².